The molecule has 0 aliphatic carbocycles. The number of nitrogens with zero attached hydrogens (tertiary/aromatic N) is 4. The van der Waals surface area contributed by atoms with E-state index < -0.39 is 0 Å². The van der Waals surface area contributed by atoms with Gasteiger partial charge in [-0.15, -0.1) is 0 Å². The minimum Gasteiger partial charge on any atom is -0.262 e. The SMILES string of the molecule is C=Nc1c(/C=C\C)ccc2ccc(-c3ccc(-c4ccccc4-n4nc(-c5ccccc5)c5c(-c6ccccc6)cc6ccccc6c54)cc3)nc12. The molecular formula is C48H34N4. The lowest BCUT2D eigenvalue weighted by atomic mass is 9.93. The minimum atomic E-state index is 0.798. The normalized spacial score (nSPS) is 11.6. The van der Waals surface area contributed by atoms with Gasteiger partial charge in [-0.1, -0.05) is 158 Å². The fourth-order valence-electron chi connectivity index (χ4n) is 7.36. The van der Waals surface area contributed by atoms with E-state index in [9.17, 15) is 0 Å². The van der Waals surface area contributed by atoms with Gasteiger partial charge < -0.3 is 0 Å². The molecule has 52 heavy (non-hydrogen) atoms. The molecule has 4 nitrogen and oxygen atoms in total. The van der Waals surface area contributed by atoms with E-state index in [1.54, 1.807) is 0 Å². The second-order valence-corrected chi connectivity index (χ2v) is 12.9. The highest BCUT2D eigenvalue weighted by Gasteiger charge is 2.22. The molecule has 0 saturated carbocycles. The molecule has 0 amide bonds. The highest BCUT2D eigenvalue weighted by atomic mass is 15.3. The lowest BCUT2D eigenvalue weighted by molar-refractivity contribution is 0.919. The maximum absolute atomic E-state index is 5.47. The third kappa shape index (κ3) is 5.29. The summed E-state index contributed by atoms with van der Waals surface area (Å²) in [5.41, 5.74) is 13.2. The Morgan fingerprint density at radius 1 is 0.596 bits per heavy atom. The molecule has 2 aromatic heterocycles. The molecule has 0 N–H and O–H groups in total. The van der Waals surface area contributed by atoms with Crippen molar-refractivity contribution in [1.29, 1.82) is 0 Å². The van der Waals surface area contributed by atoms with Crippen molar-refractivity contribution in [2.24, 2.45) is 4.99 Å². The third-order valence-electron chi connectivity index (χ3n) is 9.80. The van der Waals surface area contributed by atoms with E-state index in [2.05, 4.69) is 180 Å². The number of aliphatic imine (C=N–C) groups is 1. The van der Waals surface area contributed by atoms with Gasteiger partial charge in [-0.2, -0.15) is 5.10 Å². The molecule has 0 saturated heterocycles. The lowest BCUT2D eigenvalue weighted by Crippen LogP contribution is -2.00. The molecule has 0 fully saturated rings. The first-order chi connectivity index (χ1) is 25.7. The summed E-state index contributed by atoms with van der Waals surface area (Å²) in [6.07, 6.45) is 4.05. The molecule has 9 rings (SSSR count). The van der Waals surface area contributed by atoms with Crippen LogP contribution in [-0.2, 0) is 0 Å². The maximum Gasteiger partial charge on any atom is 0.101 e. The Hall–Kier alpha value is -6.91. The topological polar surface area (TPSA) is 43.1 Å². The molecule has 7 aromatic carbocycles. The molecule has 0 atom stereocenters. The highest BCUT2D eigenvalue weighted by Crippen LogP contribution is 2.43. The fraction of sp³-hybridized carbons (Fsp3) is 0.0208. The predicted octanol–water partition coefficient (Wildman–Crippen LogP) is 12.8. The van der Waals surface area contributed by atoms with Crippen LogP contribution in [-0.4, -0.2) is 21.5 Å². The number of fused-ring (bicyclic) bond motifs is 4. The van der Waals surface area contributed by atoms with Crippen molar-refractivity contribution >= 4 is 51.1 Å². The largest absolute Gasteiger partial charge is 0.262 e. The van der Waals surface area contributed by atoms with Crippen LogP contribution < -0.4 is 0 Å². The summed E-state index contributed by atoms with van der Waals surface area (Å²) in [6, 6.07) is 57.6. The fourth-order valence-corrected chi connectivity index (χ4v) is 7.36. The summed E-state index contributed by atoms with van der Waals surface area (Å²) in [5, 5.41) is 9.97. The Kier molecular flexibility index (Phi) is 7.83. The maximum atomic E-state index is 5.47. The van der Waals surface area contributed by atoms with Crippen LogP contribution >= 0.6 is 0 Å². The van der Waals surface area contributed by atoms with Gasteiger partial charge in [0.1, 0.15) is 5.69 Å². The molecule has 0 aliphatic heterocycles. The van der Waals surface area contributed by atoms with Crippen LogP contribution in [0.2, 0.25) is 0 Å². The number of aromatic nitrogens is 3. The van der Waals surface area contributed by atoms with Crippen molar-refractivity contribution < 1.29 is 0 Å². The number of hydrogen-bond acceptors (Lipinski definition) is 3. The van der Waals surface area contributed by atoms with E-state index in [4.69, 9.17) is 10.1 Å². The molecule has 0 spiro atoms. The van der Waals surface area contributed by atoms with Crippen LogP contribution in [0.1, 0.15) is 12.5 Å². The zero-order valence-electron chi connectivity index (χ0n) is 28.7. The van der Waals surface area contributed by atoms with E-state index in [1.165, 1.54) is 5.39 Å². The second kappa shape index (κ2) is 13.1. The standard InChI is InChI=1S/C48H34N4/c1-3-14-35-27-28-37-29-30-42(50-47(37)46(35)49-2)34-25-23-33(24-26-34)39-20-12-13-22-43(39)52-48-40-21-11-10-19-38(40)31-41(32-15-6-4-7-16-32)44(48)45(51-52)36-17-8-5-9-18-36/h3-31H,2H2,1H3/b14-3-. The Morgan fingerprint density at radius 3 is 2.02 bits per heavy atom. The number of pyridine rings is 1. The van der Waals surface area contributed by atoms with Crippen LogP contribution in [0.25, 0.3) is 89.1 Å². The van der Waals surface area contributed by atoms with Crippen molar-refractivity contribution in [3.05, 3.63) is 175 Å². The smallest absolute Gasteiger partial charge is 0.101 e. The first kappa shape index (κ1) is 31.1. The van der Waals surface area contributed by atoms with Crippen molar-refractivity contribution in [1.82, 2.24) is 14.8 Å². The van der Waals surface area contributed by atoms with Gasteiger partial charge >= 0.3 is 0 Å². The molecular weight excluding hydrogens is 633 g/mol. The highest BCUT2D eigenvalue weighted by molar-refractivity contribution is 6.17. The monoisotopic (exact) mass is 666 g/mol. The summed E-state index contributed by atoms with van der Waals surface area (Å²) < 4.78 is 2.16. The average molecular weight is 667 g/mol. The van der Waals surface area contributed by atoms with Gasteiger partial charge in [0.2, 0.25) is 0 Å². The van der Waals surface area contributed by atoms with E-state index in [0.717, 1.165) is 88.9 Å². The van der Waals surface area contributed by atoms with Gasteiger partial charge in [-0.05, 0) is 53.9 Å². The molecule has 0 unspecified atom stereocenters. The lowest BCUT2D eigenvalue weighted by Gasteiger charge is -2.14. The van der Waals surface area contributed by atoms with Crippen molar-refractivity contribution in [2.45, 2.75) is 6.92 Å². The second-order valence-electron chi connectivity index (χ2n) is 12.9. The molecule has 0 radical (unpaired) electrons. The molecule has 4 heteroatoms. The van der Waals surface area contributed by atoms with Crippen LogP contribution in [0.5, 0.6) is 0 Å². The summed E-state index contributed by atoms with van der Waals surface area (Å²) in [7, 11) is 0. The van der Waals surface area contributed by atoms with Crippen molar-refractivity contribution in [2.75, 3.05) is 0 Å². The van der Waals surface area contributed by atoms with Crippen LogP contribution in [0.4, 0.5) is 5.69 Å². The van der Waals surface area contributed by atoms with Crippen molar-refractivity contribution in [3.63, 3.8) is 0 Å². The Bertz CT molecular complexity index is 2790. The zero-order valence-corrected chi connectivity index (χ0v) is 28.7. The van der Waals surface area contributed by atoms with E-state index in [-0.39, 0.29) is 0 Å². The van der Waals surface area contributed by atoms with Gasteiger partial charge in [-0.3, -0.25) is 4.99 Å². The van der Waals surface area contributed by atoms with Gasteiger partial charge in [0.15, 0.2) is 0 Å². The van der Waals surface area contributed by atoms with E-state index in [1.807, 2.05) is 19.1 Å². The number of benzene rings is 7. The van der Waals surface area contributed by atoms with E-state index >= 15 is 0 Å². The van der Waals surface area contributed by atoms with Gasteiger partial charge in [0.25, 0.3) is 0 Å². The Balaban J connectivity index is 1.23. The third-order valence-corrected chi connectivity index (χ3v) is 9.80. The molecule has 0 bridgehead atoms. The first-order valence-corrected chi connectivity index (χ1v) is 17.5. The number of allylic oxidation sites excluding steroid dienone is 1. The molecule has 0 aliphatic rings. The number of para-hydroxylation sites is 1. The Morgan fingerprint density at radius 2 is 1.25 bits per heavy atom. The average Bonchev–Trinajstić information content (AvgIpc) is 3.62. The summed E-state index contributed by atoms with van der Waals surface area (Å²) in [4.78, 5) is 9.43. The van der Waals surface area contributed by atoms with Crippen molar-refractivity contribution in [3.8, 4) is 50.5 Å². The first-order valence-electron chi connectivity index (χ1n) is 17.5. The molecule has 246 valence electrons. The summed E-state index contributed by atoms with van der Waals surface area (Å²) in [5.74, 6) is 0. The van der Waals surface area contributed by atoms with Gasteiger partial charge in [0.05, 0.1) is 28.1 Å². The quantitative estimate of drug-likeness (QED) is 0.159. The van der Waals surface area contributed by atoms with E-state index in [0.29, 0.717) is 0 Å². The van der Waals surface area contributed by atoms with Crippen LogP contribution in [0.15, 0.2) is 175 Å². The predicted molar refractivity (Wildman–Crippen MR) is 220 cm³/mol. The summed E-state index contributed by atoms with van der Waals surface area (Å²) in [6.45, 7) is 5.85. The number of hydrogen-bond donors (Lipinski definition) is 0. The zero-order chi connectivity index (χ0) is 35.0. The minimum absolute atomic E-state index is 0.798. The number of rotatable bonds is 7. The van der Waals surface area contributed by atoms with Crippen LogP contribution in [0.3, 0.4) is 0 Å². The van der Waals surface area contributed by atoms with Crippen LogP contribution in [0, 0.1) is 0 Å². The van der Waals surface area contributed by atoms with Gasteiger partial charge in [0, 0.05) is 38.4 Å². The summed E-state index contributed by atoms with van der Waals surface area (Å²) >= 11 is 0. The molecule has 2 heterocycles. The molecule has 9 aromatic rings. The van der Waals surface area contributed by atoms with Gasteiger partial charge in [-0.25, -0.2) is 9.67 Å². The Labute approximate surface area is 302 Å².